The van der Waals surface area contributed by atoms with Crippen LogP contribution in [0, 0.1) is 0 Å². The van der Waals surface area contributed by atoms with Crippen LogP contribution in [0.5, 0.6) is 0 Å². The summed E-state index contributed by atoms with van der Waals surface area (Å²) in [7, 11) is 0. The smallest absolute Gasteiger partial charge is 0.355 e. The molecule has 20 heavy (non-hydrogen) atoms. The predicted octanol–water partition coefficient (Wildman–Crippen LogP) is 2.47. The van der Waals surface area contributed by atoms with Crippen molar-refractivity contribution in [2.24, 2.45) is 0 Å². The van der Waals surface area contributed by atoms with Gasteiger partial charge in [-0.1, -0.05) is 19.9 Å². The Morgan fingerprint density at radius 2 is 2.15 bits per heavy atom. The van der Waals surface area contributed by atoms with Gasteiger partial charge in [-0.2, -0.15) is 0 Å². The fourth-order valence-corrected chi connectivity index (χ4v) is 3.10. The predicted molar refractivity (Wildman–Crippen MR) is 80.7 cm³/mol. The Morgan fingerprint density at radius 3 is 2.80 bits per heavy atom. The first-order chi connectivity index (χ1) is 9.67. The average Bonchev–Trinajstić information content (AvgIpc) is 2.82. The van der Waals surface area contributed by atoms with E-state index in [4.69, 9.17) is 0 Å². The molecule has 0 unspecified atom stereocenters. The Bertz CT molecular complexity index is 593. The van der Waals surface area contributed by atoms with Crippen LogP contribution in [0.1, 0.15) is 24.3 Å². The minimum atomic E-state index is -0.936. The fourth-order valence-electron chi connectivity index (χ4n) is 2.08. The maximum absolute atomic E-state index is 11.4. The van der Waals surface area contributed by atoms with E-state index < -0.39 is 5.97 Å². The summed E-state index contributed by atoms with van der Waals surface area (Å²) in [4.78, 5) is 18.1. The van der Waals surface area contributed by atoms with Crippen molar-refractivity contribution in [3.05, 3.63) is 30.1 Å². The zero-order valence-corrected chi connectivity index (χ0v) is 12.6. The molecule has 108 valence electrons. The molecule has 0 aliphatic rings. The topological polar surface area (TPSA) is 57.8 Å². The van der Waals surface area contributed by atoms with E-state index in [1.165, 1.54) is 11.8 Å². The van der Waals surface area contributed by atoms with Gasteiger partial charge < -0.3 is 10.0 Å². The van der Waals surface area contributed by atoms with Crippen LogP contribution in [0.2, 0.25) is 0 Å². The maximum atomic E-state index is 11.4. The van der Waals surface area contributed by atoms with E-state index in [0.29, 0.717) is 10.7 Å². The van der Waals surface area contributed by atoms with Crippen molar-refractivity contribution in [3.8, 4) is 0 Å². The first-order valence-electron chi connectivity index (χ1n) is 6.72. The van der Waals surface area contributed by atoms with Crippen LogP contribution in [-0.4, -0.2) is 50.7 Å². The zero-order chi connectivity index (χ0) is 14.5. The first-order valence-corrected chi connectivity index (χ1v) is 7.71. The quantitative estimate of drug-likeness (QED) is 0.795. The van der Waals surface area contributed by atoms with Crippen molar-refractivity contribution in [1.82, 2.24) is 14.3 Å². The van der Waals surface area contributed by atoms with Gasteiger partial charge in [0.1, 0.15) is 10.7 Å². The molecule has 2 aromatic heterocycles. The van der Waals surface area contributed by atoms with E-state index in [2.05, 4.69) is 23.7 Å². The highest BCUT2D eigenvalue weighted by molar-refractivity contribution is 7.99. The Kier molecular flexibility index (Phi) is 5.03. The van der Waals surface area contributed by atoms with Crippen molar-refractivity contribution in [1.29, 1.82) is 0 Å². The molecule has 2 aromatic rings. The van der Waals surface area contributed by atoms with Gasteiger partial charge in [-0.3, -0.25) is 4.40 Å². The van der Waals surface area contributed by atoms with Crippen molar-refractivity contribution in [2.45, 2.75) is 18.9 Å². The molecule has 2 heterocycles. The number of hydrogen-bond acceptors (Lipinski definition) is 4. The van der Waals surface area contributed by atoms with Gasteiger partial charge in [0, 0.05) is 18.5 Å². The summed E-state index contributed by atoms with van der Waals surface area (Å²) >= 11 is 1.51. The van der Waals surface area contributed by atoms with Crippen LogP contribution in [-0.2, 0) is 0 Å². The molecule has 0 spiro atoms. The molecule has 0 radical (unpaired) electrons. The number of aromatic nitrogens is 2. The van der Waals surface area contributed by atoms with Gasteiger partial charge in [-0.15, -0.1) is 11.8 Å². The normalized spacial score (nSPS) is 11.3. The molecule has 0 saturated heterocycles. The van der Waals surface area contributed by atoms with Gasteiger partial charge in [-0.05, 0) is 25.2 Å². The Hall–Kier alpha value is -1.53. The summed E-state index contributed by atoms with van der Waals surface area (Å²) in [5, 5.41) is 9.96. The number of pyridine rings is 1. The van der Waals surface area contributed by atoms with Crippen molar-refractivity contribution >= 4 is 23.4 Å². The lowest BCUT2D eigenvalue weighted by Crippen LogP contribution is -2.25. The highest BCUT2D eigenvalue weighted by atomic mass is 32.2. The molecular weight excluding hydrogens is 274 g/mol. The number of nitrogens with zero attached hydrogens (tertiary/aromatic N) is 3. The third-order valence-corrected chi connectivity index (χ3v) is 4.19. The molecule has 0 aromatic carbocycles. The van der Waals surface area contributed by atoms with E-state index >= 15 is 0 Å². The summed E-state index contributed by atoms with van der Waals surface area (Å²) in [5.74, 6) is -0.0969. The summed E-state index contributed by atoms with van der Waals surface area (Å²) < 4.78 is 1.63. The molecular formula is C14H19N3O2S. The summed E-state index contributed by atoms with van der Waals surface area (Å²) in [5.41, 5.74) is 0.931. The first kappa shape index (κ1) is 14.9. The lowest BCUT2D eigenvalue weighted by Gasteiger charge is -2.16. The number of carboxylic acid groups (broad SMARTS) is 1. The summed E-state index contributed by atoms with van der Waals surface area (Å²) in [6.07, 6.45) is 1.74. The van der Waals surface area contributed by atoms with Gasteiger partial charge >= 0.3 is 5.97 Å². The second-order valence-corrected chi connectivity index (χ2v) is 5.46. The number of hydrogen-bond donors (Lipinski definition) is 1. The third-order valence-electron chi connectivity index (χ3n) is 3.24. The summed E-state index contributed by atoms with van der Waals surface area (Å²) in [6.45, 7) is 7.20. The number of imidazole rings is 1. The highest BCUT2D eigenvalue weighted by Crippen LogP contribution is 2.23. The molecule has 1 N–H and O–H groups in total. The number of carboxylic acids is 1. The average molecular weight is 293 g/mol. The standard InChI is InChI=1S/C14H19N3O2S/c1-3-16(4-2)9-10-20-13-12(14(18)19)17-8-6-5-7-11(17)15-13/h5-8H,3-4,9-10H2,1-2H3,(H,18,19). The van der Waals surface area contributed by atoms with E-state index in [-0.39, 0.29) is 5.69 Å². The van der Waals surface area contributed by atoms with Gasteiger partial charge in [0.15, 0.2) is 5.69 Å². The molecule has 0 aliphatic carbocycles. The van der Waals surface area contributed by atoms with Crippen LogP contribution >= 0.6 is 11.8 Å². The van der Waals surface area contributed by atoms with Gasteiger partial charge in [0.25, 0.3) is 0 Å². The lowest BCUT2D eigenvalue weighted by molar-refractivity contribution is 0.0685. The van der Waals surface area contributed by atoms with Gasteiger partial charge in [-0.25, -0.2) is 9.78 Å². The molecule has 0 amide bonds. The monoisotopic (exact) mass is 293 g/mol. The van der Waals surface area contributed by atoms with Crippen LogP contribution in [0.3, 0.4) is 0 Å². The van der Waals surface area contributed by atoms with Gasteiger partial charge in [0.2, 0.25) is 0 Å². The van der Waals surface area contributed by atoms with E-state index in [9.17, 15) is 9.90 Å². The number of rotatable bonds is 7. The molecule has 0 saturated carbocycles. The molecule has 0 bridgehead atoms. The van der Waals surface area contributed by atoms with Crippen LogP contribution < -0.4 is 0 Å². The molecule has 6 heteroatoms. The zero-order valence-electron chi connectivity index (χ0n) is 11.7. The van der Waals surface area contributed by atoms with E-state index in [1.54, 1.807) is 10.6 Å². The number of fused-ring (bicyclic) bond motifs is 1. The molecule has 0 atom stereocenters. The van der Waals surface area contributed by atoms with E-state index in [1.807, 2.05) is 18.2 Å². The SMILES string of the molecule is CCN(CC)CCSc1nc2ccccn2c1C(=O)O. The fraction of sp³-hybridized carbons (Fsp3) is 0.429. The van der Waals surface area contributed by atoms with Crippen molar-refractivity contribution in [2.75, 3.05) is 25.4 Å². The van der Waals surface area contributed by atoms with E-state index in [0.717, 1.165) is 25.4 Å². The largest absolute Gasteiger partial charge is 0.476 e. The third kappa shape index (κ3) is 3.13. The Labute approximate surface area is 122 Å². The molecule has 5 nitrogen and oxygen atoms in total. The number of carbonyl (C=O) groups is 1. The van der Waals surface area contributed by atoms with Crippen LogP contribution in [0.25, 0.3) is 5.65 Å². The van der Waals surface area contributed by atoms with Crippen molar-refractivity contribution in [3.63, 3.8) is 0 Å². The molecule has 0 aliphatic heterocycles. The Morgan fingerprint density at radius 1 is 1.40 bits per heavy atom. The lowest BCUT2D eigenvalue weighted by atomic mass is 10.4. The maximum Gasteiger partial charge on any atom is 0.355 e. The highest BCUT2D eigenvalue weighted by Gasteiger charge is 2.18. The van der Waals surface area contributed by atoms with Crippen LogP contribution in [0.15, 0.2) is 29.4 Å². The minimum absolute atomic E-state index is 0.255. The minimum Gasteiger partial charge on any atom is -0.476 e. The number of thioether (sulfide) groups is 1. The molecule has 0 fully saturated rings. The van der Waals surface area contributed by atoms with Crippen molar-refractivity contribution < 1.29 is 9.90 Å². The number of aromatic carboxylic acids is 1. The summed E-state index contributed by atoms with van der Waals surface area (Å²) in [6, 6.07) is 5.49. The van der Waals surface area contributed by atoms with Gasteiger partial charge in [0.05, 0.1) is 0 Å². The Balaban J connectivity index is 2.17. The molecule has 2 rings (SSSR count). The van der Waals surface area contributed by atoms with Crippen LogP contribution in [0.4, 0.5) is 0 Å². The second-order valence-electron chi connectivity index (χ2n) is 4.37. The second kappa shape index (κ2) is 6.76.